The molecule has 1 aliphatic rings. The van der Waals surface area contributed by atoms with Gasteiger partial charge in [0.15, 0.2) is 0 Å². The Labute approximate surface area is 278 Å². The minimum Gasteiger partial charge on any atom is -0.460 e. The second kappa shape index (κ2) is 17.7. The van der Waals surface area contributed by atoms with Gasteiger partial charge in [0.2, 0.25) is 5.91 Å². The zero-order chi connectivity index (χ0) is 34.5. The molecule has 12 nitrogen and oxygen atoms in total. The van der Waals surface area contributed by atoms with Crippen LogP contribution in [0.4, 0.5) is 9.59 Å². The molecule has 0 saturated carbocycles. The lowest BCUT2D eigenvalue weighted by molar-refractivity contribution is -0.155. The van der Waals surface area contributed by atoms with Crippen LogP contribution in [0.2, 0.25) is 0 Å². The smallest absolute Gasteiger partial charge is 0.407 e. The van der Waals surface area contributed by atoms with Gasteiger partial charge in [0.1, 0.15) is 18.2 Å². The predicted molar refractivity (Wildman–Crippen MR) is 182 cm³/mol. The maximum atomic E-state index is 13.1. The van der Waals surface area contributed by atoms with Gasteiger partial charge in [-0.05, 0) is 70.2 Å². The van der Waals surface area contributed by atoms with E-state index in [1.54, 1.807) is 20.8 Å². The van der Waals surface area contributed by atoms with Gasteiger partial charge in [0.05, 0.1) is 0 Å². The summed E-state index contributed by atoms with van der Waals surface area (Å²) in [7, 11) is 0. The highest BCUT2D eigenvalue weighted by atomic mass is 16.6. The molecule has 0 aromatic heterocycles. The van der Waals surface area contributed by atoms with E-state index in [9.17, 15) is 19.2 Å². The van der Waals surface area contributed by atoms with Crippen LogP contribution in [0.5, 0.6) is 0 Å². The Morgan fingerprint density at radius 1 is 0.745 bits per heavy atom. The molecule has 258 valence electrons. The van der Waals surface area contributed by atoms with E-state index in [1.807, 2.05) is 57.2 Å². The molecule has 2 aromatic carbocycles. The summed E-state index contributed by atoms with van der Waals surface area (Å²) in [5.74, 6) is -0.989. The summed E-state index contributed by atoms with van der Waals surface area (Å²) in [6.45, 7) is 14.5. The molecule has 4 amide bonds. The molecular formula is C35H52N6O6. The monoisotopic (exact) mass is 652 g/mol. The molecule has 0 spiro atoms. The number of ether oxygens (including phenoxy) is 2. The quantitative estimate of drug-likeness (QED) is 0.119. The SMILES string of the molecule is CC(C)(C)NC(=O)NCCNCCNCCNC(=O)[C@H](CCC(=O)OC(C)(C)C)NC(=O)OCC1c2ccccc2-c2ccccc21. The summed E-state index contributed by atoms with van der Waals surface area (Å²) >= 11 is 0. The van der Waals surface area contributed by atoms with E-state index in [0.29, 0.717) is 39.3 Å². The fraction of sp³-hybridized carbons (Fsp3) is 0.543. The molecule has 0 saturated heterocycles. The average Bonchev–Trinajstić information content (AvgIpc) is 3.30. The first-order chi connectivity index (χ1) is 22.2. The molecule has 0 bridgehead atoms. The lowest BCUT2D eigenvalue weighted by atomic mass is 9.98. The standard InChI is InChI=1S/C35H52N6O6/c1-34(2,3)41-32(44)39-22-20-37-18-17-36-19-21-38-31(43)29(15-16-30(42)47-35(4,5)6)40-33(45)46-23-28-26-13-9-7-11-24(26)25-12-8-10-14-27(25)28/h7-14,28-29,36-37H,15-23H2,1-6H3,(H,38,43)(H,40,45)(H2,39,41,44)/t29-/m0/s1. The lowest BCUT2D eigenvalue weighted by Gasteiger charge is -2.22. The number of hydrogen-bond acceptors (Lipinski definition) is 8. The largest absolute Gasteiger partial charge is 0.460 e. The molecule has 3 rings (SSSR count). The van der Waals surface area contributed by atoms with Crippen LogP contribution in [-0.2, 0) is 19.1 Å². The van der Waals surface area contributed by atoms with Crippen molar-refractivity contribution < 1.29 is 28.7 Å². The normalized spacial score (nSPS) is 13.1. The van der Waals surface area contributed by atoms with Crippen LogP contribution in [0.1, 0.15) is 71.4 Å². The van der Waals surface area contributed by atoms with Gasteiger partial charge in [-0.3, -0.25) is 9.59 Å². The zero-order valence-electron chi connectivity index (χ0n) is 28.6. The number of alkyl carbamates (subject to hydrolysis) is 1. The third-order valence-electron chi connectivity index (χ3n) is 7.16. The summed E-state index contributed by atoms with van der Waals surface area (Å²) in [5, 5.41) is 17.6. The van der Waals surface area contributed by atoms with Crippen LogP contribution < -0.4 is 31.9 Å². The van der Waals surface area contributed by atoms with E-state index in [-0.39, 0.29) is 36.9 Å². The maximum absolute atomic E-state index is 13.1. The predicted octanol–water partition coefficient (Wildman–Crippen LogP) is 3.41. The molecular weight excluding hydrogens is 600 g/mol. The number of fused-ring (bicyclic) bond motifs is 3. The highest BCUT2D eigenvalue weighted by molar-refractivity contribution is 5.86. The number of carbonyl (C=O) groups is 4. The van der Waals surface area contributed by atoms with E-state index in [2.05, 4.69) is 44.0 Å². The van der Waals surface area contributed by atoms with Gasteiger partial charge in [-0.2, -0.15) is 0 Å². The van der Waals surface area contributed by atoms with E-state index in [4.69, 9.17) is 9.47 Å². The fourth-order valence-electron chi connectivity index (χ4n) is 5.18. The van der Waals surface area contributed by atoms with Gasteiger partial charge >= 0.3 is 18.1 Å². The van der Waals surface area contributed by atoms with Crippen LogP contribution in [-0.4, -0.2) is 87.1 Å². The second-order valence-electron chi connectivity index (χ2n) is 13.6. The maximum Gasteiger partial charge on any atom is 0.407 e. The Hall–Kier alpha value is -4.16. The van der Waals surface area contributed by atoms with Crippen molar-refractivity contribution in [3.05, 3.63) is 59.7 Å². The minimum absolute atomic E-state index is 0.0460. The zero-order valence-corrected chi connectivity index (χ0v) is 28.6. The van der Waals surface area contributed by atoms with Crippen LogP contribution in [0, 0.1) is 0 Å². The van der Waals surface area contributed by atoms with Crippen molar-refractivity contribution in [2.45, 2.75) is 77.5 Å². The van der Waals surface area contributed by atoms with Crippen molar-refractivity contribution >= 4 is 24.0 Å². The number of urea groups is 1. The number of esters is 1. The van der Waals surface area contributed by atoms with Crippen LogP contribution in [0.25, 0.3) is 11.1 Å². The highest BCUT2D eigenvalue weighted by Crippen LogP contribution is 2.44. The Balaban J connectivity index is 1.43. The summed E-state index contributed by atoms with van der Waals surface area (Å²) in [5.41, 5.74) is 3.46. The van der Waals surface area contributed by atoms with Crippen molar-refractivity contribution in [2.75, 3.05) is 45.9 Å². The lowest BCUT2D eigenvalue weighted by Crippen LogP contribution is -2.49. The molecule has 0 heterocycles. The number of hydrogen-bond donors (Lipinski definition) is 6. The molecule has 1 atom stereocenters. The molecule has 2 aromatic rings. The molecule has 0 unspecified atom stereocenters. The van der Waals surface area contributed by atoms with Crippen LogP contribution in [0.3, 0.4) is 0 Å². The van der Waals surface area contributed by atoms with Crippen molar-refractivity contribution in [1.29, 1.82) is 0 Å². The van der Waals surface area contributed by atoms with Gasteiger partial charge in [-0.25, -0.2) is 9.59 Å². The molecule has 47 heavy (non-hydrogen) atoms. The van der Waals surface area contributed by atoms with Gasteiger partial charge in [-0.1, -0.05) is 48.5 Å². The summed E-state index contributed by atoms with van der Waals surface area (Å²) in [6, 6.07) is 14.9. The van der Waals surface area contributed by atoms with E-state index < -0.39 is 29.6 Å². The van der Waals surface area contributed by atoms with Crippen molar-refractivity contribution in [3.8, 4) is 11.1 Å². The van der Waals surface area contributed by atoms with Gasteiger partial charge in [-0.15, -0.1) is 0 Å². The van der Waals surface area contributed by atoms with Gasteiger partial charge in [0.25, 0.3) is 0 Å². The Bertz CT molecular complexity index is 1310. The highest BCUT2D eigenvalue weighted by Gasteiger charge is 2.30. The molecule has 0 aliphatic heterocycles. The molecule has 1 aliphatic carbocycles. The minimum atomic E-state index is -0.984. The second-order valence-corrected chi connectivity index (χ2v) is 13.6. The van der Waals surface area contributed by atoms with Crippen molar-refractivity contribution in [2.24, 2.45) is 0 Å². The van der Waals surface area contributed by atoms with E-state index in [0.717, 1.165) is 22.3 Å². The molecule has 0 radical (unpaired) electrons. The molecule has 12 heteroatoms. The third kappa shape index (κ3) is 13.2. The van der Waals surface area contributed by atoms with Crippen LogP contribution >= 0.6 is 0 Å². The Morgan fingerprint density at radius 3 is 1.83 bits per heavy atom. The topological polar surface area (TPSA) is 159 Å². The number of rotatable bonds is 16. The first-order valence-corrected chi connectivity index (χ1v) is 16.3. The van der Waals surface area contributed by atoms with Crippen molar-refractivity contribution in [3.63, 3.8) is 0 Å². The number of nitrogens with one attached hydrogen (secondary N) is 6. The third-order valence-corrected chi connectivity index (χ3v) is 7.16. The number of amides is 4. The van der Waals surface area contributed by atoms with Crippen molar-refractivity contribution in [1.82, 2.24) is 31.9 Å². The molecule has 0 fully saturated rings. The van der Waals surface area contributed by atoms with Gasteiger partial charge in [0, 0.05) is 57.1 Å². The van der Waals surface area contributed by atoms with E-state index in [1.165, 1.54) is 0 Å². The first kappa shape index (κ1) is 37.3. The van der Waals surface area contributed by atoms with E-state index >= 15 is 0 Å². The fourth-order valence-corrected chi connectivity index (χ4v) is 5.18. The Kier molecular flexibility index (Phi) is 14.0. The van der Waals surface area contributed by atoms with Crippen LogP contribution in [0.15, 0.2) is 48.5 Å². The summed E-state index contributed by atoms with van der Waals surface area (Å²) in [6.07, 6.45) is -0.717. The Morgan fingerprint density at radius 2 is 1.28 bits per heavy atom. The first-order valence-electron chi connectivity index (χ1n) is 16.3. The average molecular weight is 653 g/mol. The van der Waals surface area contributed by atoms with Gasteiger partial charge < -0.3 is 41.4 Å². The number of benzene rings is 2. The summed E-state index contributed by atoms with van der Waals surface area (Å²) < 4.78 is 11.0. The molecule has 6 N–H and O–H groups in total. The number of carbonyl (C=O) groups excluding carboxylic acids is 4. The summed E-state index contributed by atoms with van der Waals surface area (Å²) in [4.78, 5) is 50.2.